The number of nitrogens with one attached hydrogen (secondary N) is 3. The first kappa shape index (κ1) is 14.8. The highest BCUT2D eigenvalue weighted by molar-refractivity contribution is 7.71. The van der Waals surface area contributed by atoms with E-state index in [4.69, 9.17) is 19.6 Å². The highest BCUT2D eigenvalue weighted by Gasteiger charge is 2.43. The zero-order valence-electron chi connectivity index (χ0n) is 8.47. The van der Waals surface area contributed by atoms with Crippen LogP contribution in [0.4, 0.5) is 5.69 Å². The Labute approximate surface area is 98.2 Å². The topological polar surface area (TPSA) is 193 Å². The number of hydrogen-bond acceptors (Lipinski definition) is 5. The van der Waals surface area contributed by atoms with E-state index in [9.17, 15) is 18.7 Å². The molecule has 13 heteroatoms. The summed E-state index contributed by atoms with van der Waals surface area (Å²) in [5.74, 6) is 0. The Morgan fingerprint density at radius 3 is 2.00 bits per heavy atom. The quantitative estimate of drug-likeness (QED) is 0.311. The molecule has 0 aromatic carbocycles. The minimum Gasteiger partial charge on any atom is -0.356 e. The molecule has 102 valence electrons. The van der Waals surface area contributed by atoms with Crippen molar-refractivity contribution in [3.8, 4) is 0 Å². The molecule has 1 aromatic rings. The van der Waals surface area contributed by atoms with Gasteiger partial charge in [0, 0.05) is 6.20 Å². The van der Waals surface area contributed by atoms with E-state index in [1.165, 1.54) is 0 Å². The van der Waals surface area contributed by atoms with Gasteiger partial charge < -0.3 is 29.9 Å². The summed E-state index contributed by atoms with van der Waals surface area (Å²) in [5, 5.41) is 1.71. The fourth-order valence-electron chi connectivity index (χ4n) is 1.02. The third-order valence-corrected chi connectivity index (χ3v) is 5.08. The smallest absolute Gasteiger partial charge is 0.356 e. The van der Waals surface area contributed by atoms with Crippen molar-refractivity contribution in [3.63, 3.8) is 0 Å². The van der Waals surface area contributed by atoms with Gasteiger partial charge in [-0.25, -0.2) is 4.79 Å². The van der Waals surface area contributed by atoms with Crippen molar-refractivity contribution in [2.45, 2.75) is 5.52 Å². The molecule has 0 saturated carbocycles. The fourth-order valence-corrected chi connectivity index (χ4v) is 3.20. The Morgan fingerprint density at radius 2 is 1.61 bits per heavy atom. The lowest BCUT2D eigenvalue weighted by atomic mass is 10.5. The van der Waals surface area contributed by atoms with Crippen molar-refractivity contribution in [2.24, 2.45) is 0 Å². The molecule has 1 aromatic heterocycles. The van der Waals surface area contributed by atoms with Crippen LogP contribution in [0.2, 0.25) is 0 Å². The Morgan fingerprint density at radius 1 is 1.11 bits per heavy atom. The SMILES string of the molecule is O=c1[nH]cc(NC(P(=O)(O)O)P(=O)(O)O)c(=O)[nH]1. The van der Waals surface area contributed by atoms with Crippen LogP contribution < -0.4 is 16.6 Å². The van der Waals surface area contributed by atoms with Gasteiger partial charge in [0.05, 0.1) is 0 Å². The van der Waals surface area contributed by atoms with Crippen LogP contribution in [0.25, 0.3) is 0 Å². The number of anilines is 1. The van der Waals surface area contributed by atoms with Gasteiger partial charge in [0.2, 0.25) is 5.52 Å². The maximum absolute atomic E-state index is 11.2. The number of H-pyrrole nitrogens is 2. The first-order valence-electron chi connectivity index (χ1n) is 4.21. The van der Waals surface area contributed by atoms with Crippen molar-refractivity contribution >= 4 is 20.9 Å². The molecule has 0 bridgehead atoms. The van der Waals surface area contributed by atoms with Gasteiger partial charge in [-0.1, -0.05) is 0 Å². The summed E-state index contributed by atoms with van der Waals surface area (Å²) in [6, 6.07) is 0. The predicted octanol–water partition coefficient (Wildman–Crippen LogP) is -1.89. The molecule has 0 aliphatic rings. The minimum absolute atomic E-state index is 0.591. The van der Waals surface area contributed by atoms with Gasteiger partial charge in [0.15, 0.2) is 0 Å². The summed E-state index contributed by atoms with van der Waals surface area (Å²) in [7, 11) is -10.4. The molecule has 0 aliphatic carbocycles. The molecular formula is C5H9N3O8P2. The van der Waals surface area contributed by atoms with E-state index in [2.05, 4.69) is 0 Å². The van der Waals surface area contributed by atoms with Gasteiger partial charge in [0.1, 0.15) is 5.69 Å². The Hall–Kier alpha value is -1.22. The van der Waals surface area contributed by atoms with E-state index in [1.54, 1.807) is 10.3 Å². The average Bonchev–Trinajstić information content (AvgIpc) is 2.12. The van der Waals surface area contributed by atoms with Gasteiger partial charge in [-0.05, 0) is 0 Å². The summed E-state index contributed by atoms with van der Waals surface area (Å²) in [6.45, 7) is 0. The summed E-state index contributed by atoms with van der Waals surface area (Å²) in [5.41, 5.74) is -5.12. The van der Waals surface area contributed by atoms with Crippen LogP contribution in [0.3, 0.4) is 0 Å². The molecule has 1 rings (SSSR count). The van der Waals surface area contributed by atoms with E-state index < -0.39 is 37.7 Å². The summed E-state index contributed by atoms with van der Waals surface area (Å²) >= 11 is 0. The lowest BCUT2D eigenvalue weighted by Crippen LogP contribution is -2.28. The molecule has 0 spiro atoms. The molecule has 0 fully saturated rings. The molecule has 18 heavy (non-hydrogen) atoms. The summed E-state index contributed by atoms with van der Waals surface area (Å²) in [4.78, 5) is 60.7. The van der Waals surface area contributed by atoms with Crippen LogP contribution in [0.5, 0.6) is 0 Å². The van der Waals surface area contributed by atoms with Crippen molar-refractivity contribution in [2.75, 3.05) is 5.32 Å². The normalized spacial score (nSPS) is 12.7. The van der Waals surface area contributed by atoms with Crippen LogP contribution in [-0.2, 0) is 9.13 Å². The number of aromatic nitrogens is 2. The monoisotopic (exact) mass is 301 g/mol. The molecule has 1 heterocycles. The first-order chi connectivity index (χ1) is 8.01. The first-order valence-corrected chi connectivity index (χ1v) is 7.57. The molecule has 0 atom stereocenters. The molecule has 11 nitrogen and oxygen atoms in total. The lowest BCUT2D eigenvalue weighted by Gasteiger charge is -2.20. The fraction of sp³-hybridized carbons (Fsp3) is 0.200. The third kappa shape index (κ3) is 3.64. The minimum atomic E-state index is -5.21. The van der Waals surface area contributed by atoms with Gasteiger partial charge in [-0.2, -0.15) is 0 Å². The molecule has 0 unspecified atom stereocenters. The van der Waals surface area contributed by atoms with Crippen LogP contribution >= 0.6 is 15.2 Å². The van der Waals surface area contributed by atoms with Crippen LogP contribution in [0.15, 0.2) is 15.8 Å². The van der Waals surface area contributed by atoms with E-state index in [1.807, 2.05) is 4.98 Å². The second-order valence-electron chi connectivity index (χ2n) is 3.18. The largest absolute Gasteiger partial charge is 0.360 e. The average molecular weight is 301 g/mol. The number of aromatic amines is 2. The second kappa shape index (κ2) is 4.81. The summed E-state index contributed by atoms with van der Waals surface area (Å²) in [6.07, 6.45) is 0.736. The van der Waals surface area contributed by atoms with Crippen LogP contribution in [0, 0.1) is 0 Å². The van der Waals surface area contributed by atoms with Gasteiger partial charge >= 0.3 is 20.9 Å². The second-order valence-corrected chi connectivity index (χ2v) is 6.98. The Bertz CT molecular complexity index is 615. The third-order valence-electron chi connectivity index (χ3n) is 1.74. The zero-order chi connectivity index (χ0) is 14.1. The maximum Gasteiger partial charge on any atom is 0.360 e. The van der Waals surface area contributed by atoms with Gasteiger partial charge in [0.25, 0.3) is 5.56 Å². The number of hydrogen-bond donors (Lipinski definition) is 7. The standard InChI is InChI=1S/C5H9N3O8P2/c9-3-2(1-6-4(10)8-3)7-5(17(11,12)13)18(14,15)16/h1,5,7H,(H2,11,12,13)(H2,14,15,16)(H2,6,8,9,10). The number of rotatable bonds is 4. The highest BCUT2D eigenvalue weighted by atomic mass is 31.2. The zero-order valence-corrected chi connectivity index (χ0v) is 10.3. The molecule has 0 radical (unpaired) electrons. The van der Waals surface area contributed by atoms with E-state index >= 15 is 0 Å². The lowest BCUT2D eigenvalue weighted by molar-refractivity contribution is 0.343. The van der Waals surface area contributed by atoms with Crippen LogP contribution in [0.1, 0.15) is 0 Å². The van der Waals surface area contributed by atoms with Crippen molar-refractivity contribution in [1.82, 2.24) is 9.97 Å². The molecule has 0 saturated heterocycles. The Balaban J connectivity index is 3.21. The van der Waals surface area contributed by atoms with E-state index in [0.717, 1.165) is 6.20 Å². The van der Waals surface area contributed by atoms with Gasteiger partial charge in [-0.15, -0.1) is 0 Å². The van der Waals surface area contributed by atoms with Crippen molar-refractivity contribution < 1.29 is 28.7 Å². The van der Waals surface area contributed by atoms with E-state index in [-0.39, 0.29) is 0 Å². The molecular weight excluding hydrogens is 292 g/mol. The van der Waals surface area contributed by atoms with Gasteiger partial charge in [-0.3, -0.25) is 18.9 Å². The maximum atomic E-state index is 11.2. The van der Waals surface area contributed by atoms with E-state index in [0.29, 0.717) is 0 Å². The highest BCUT2D eigenvalue weighted by Crippen LogP contribution is 2.59. The van der Waals surface area contributed by atoms with Crippen molar-refractivity contribution in [1.29, 1.82) is 0 Å². The Kier molecular flexibility index (Phi) is 3.96. The molecule has 7 N–H and O–H groups in total. The molecule has 0 amide bonds. The molecule has 0 aliphatic heterocycles. The summed E-state index contributed by atoms with van der Waals surface area (Å²) < 4.78 is 21.8. The van der Waals surface area contributed by atoms with Crippen molar-refractivity contribution in [3.05, 3.63) is 27.0 Å². The predicted molar refractivity (Wildman–Crippen MR) is 59.2 cm³/mol. The van der Waals surface area contributed by atoms with Crippen LogP contribution in [-0.4, -0.2) is 35.1 Å².